The molecule has 0 aliphatic carbocycles. The van der Waals surface area contributed by atoms with Crippen LogP contribution in [0.1, 0.15) is 11.1 Å². The maximum absolute atomic E-state index is 12.8. The lowest BCUT2D eigenvalue weighted by Crippen LogP contribution is -2.29. The molecule has 5 nitrogen and oxygen atoms in total. The van der Waals surface area contributed by atoms with E-state index in [9.17, 15) is 9.18 Å². The highest BCUT2D eigenvalue weighted by Gasteiger charge is 2.03. The Morgan fingerprint density at radius 2 is 1.83 bits per heavy atom. The van der Waals surface area contributed by atoms with Crippen LogP contribution in [-0.4, -0.2) is 24.9 Å². The molecule has 0 atom stereocenters. The molecule has 0 fully saturated rings. The van der Waals surface area contributed by atoms with Gasteiger partial charge in [-0.05, 0) is 36.2 Å². The summed E-state index contributed by atoms with van der Waals surface area (Å²) in [7, 11) is 0. The number of hydrogen-bond acceptors (Lipinski definition) is 3. The number of oxime groups is 1. The van der Waals surface area contributed by atoms with Gasteiger partial charge in [0.2, 0.25) is 0 Å². The summed E-state index contributed by atoms with van der Waals surface area (Å²) in [4.78, 5) is 16.5. The van der Waals surface area contributed by atoms with Gasteiger partial charge in [-0.15, -0.1) is 0 Å². The van der Waals surface area contributed by atoms with Gasteiger partial charge in [0, 0.05) is 12.1 Å². The second-order valence-electron chi connectivity index (χ2n) is 4.84. The number of hydrogen-bond donors (Lipinski definition) is 2. The third-order valence-electron chi connectivity index (χ3n) is 3.08. The Hall–Kier alpha value is -2.89. The normalized spacial score (nSPS) is 11.1. The Balaban J connectivity index is 1.69. The second-order valence-corrected chi connectivity index (χ2v) is 4.84. The summed E-state index contributed by atoms with van der Waals surface area (Å²) >= 11 is 0. The Morgan fingerprint density at radius 3 is 2.52 bits per heavy atom. The van der Waals surface area contributed by atoms with Crippen molar-refractivity contribution in [3.63, 3.8) is 0 Å². The summed E-state index contributed by atoms with van der Waals surface area (Å²) in [5, 5.41) is 6.37. The molecule has 0 heterocycles. The molecule has 2 rings (SSSR count). The average molecular weight is 315 g/mol. The molecule has 2 aromatic rings. The number of benzene rings is 2. The van der Waals surface area contributed by atoms with Crippen molar-refractivity contribution >= 4 is 11.7 Å². The van der Waals surface area contributed by atoms with Crippen molar-refractivity contribution in [3.05, 3.63) is 71.5 Å². The molecule has 0 aliphatic rings. The molecule has 0 bridgehead atoms. The van der Waals surface area contributed by atoms with Crippen LogP contribution in [-0.2, 0) is 16.1 Å². The van der Waals surface area contributed by atoms with Gasteiger partial charge in [-0.25, -0.2) is 4.39 Å². The van der Waals surface area contributed by atoms with E-state index in [2.05, 4.69) is 10.5 Å². The number of amidine groups is 1. The largest absolute Gasteiger partial charge is 0.384 e. The molecule has 0 spiro atoms. The Morgan fingerprint density at radius 1 is 1.13 bits per heavy atom. The minimum absolute atomic E-state index is 0.0853. The zero-order valence-corrected chi connectivity index (χ0v) is 12.5. The molecule has 120 valence electrons. The standard InChI is InChI=1S/C17H18FN3O2/c18-15-8-6-14(7-9-15)17(19)21-23-12-16(22)20-11-10-13-4-2-1-3-5-13/h1-9H,10-12H2,(H2,19,21)(H,20,22). The highest BCUT2D eigenvalue weighted by Crippen LogP contribution is 2.02. The van der Waals surface area contributed by atoms with Gasteiger partial charge in [-0.3, -0.25) is 4.79 Å². The van der Waals surface area contributed by atoms with E-state index in [4.69, 9.17) is 10.6 Å². The van der Waals surface area contributed by atoms with Crippen LogP contribution in [0.25, 0.3) is 0 Å². The summed E-state index contributed by atoms with van der Waals surface area (Å²) in [5.74, 6) is -0.557. The average Bonchev–Trinajstić information content (AvgIpc) is 2.56. The number of carbonyl (C=O) groups excluding carboxylic acids is 1. The van der Waals surface area contributed by atoms with Crippen LogP contribution in [0.3, 0.4) is 0 Å². The summed E-state index contributed by atoms with van der Waals surface area (Å²) in [6, 6.07) is 15.4. The van der Waals surface area contributed by atoms with E-state index in [0.29, 0.717) is 12.1 Å². The lowest BCUT2D eigenvalue weighted by atomic mass is 10.1. The van der Waals surface area contributed by atoms with E-state index in [0.717, 1.165) is 12.0 Å². The van der Waals surface area contributed by atoms with Crippen molar-refractivity contribution in [3.8, 4) is 0 Å². The molecule has 0 saturated heterocycles. The third-order valence-corrected chi connectivity index (χ3v) is 3.08. The van der Waals surface area contributed by atoms with Crippen molar-refractivity contribution in [2.24, 2.45) is 10.9 Å². The minimum Gasteiger partial charge on any atom is -0.384 e. The fraction of sp³-hybridized carbons (Fsp3) is 0.176. The number of amides is 1. The molecule has 0 aliphatic heterocycles. The third kappa shape index (κ3) is 5.78. The van der Waals surface area contributed by atoms with Crippen molar-refractivity contribution in [2.75, 3.05) is 13.2 Å². The van der Waals surface area contributed by atoms with E-state index < -0.39 is 0 Å². The molecule has 2 aromatic carbocycles. The maximum atomic E-state index is 12.8. The van der Waals surface area contributed by atoms with Gasteiger partial charge in [-0.1, -0.05) is 35.5 Å². The first kappa shape index (κ1) is 16.5. The van der Waals surface area contributed by atoms with Gasteiger partial charge in [0.15, 0.2) is 12.4 Å². The topological polar surface area (TPSA) is 76.7 Å². The molecular weight excluding hydrogens is 297 g/mol. The van der Waals surface area contributed by atoms with Gasteiger partial charge < -0.3 is 15.9 Å². The molecule has 1 amide bonds. The summed E-state index contributed by atoms with van der Waals surface area (Å²) in [5.41, 5.74) is 7.35. The smallest absolute Gasteiger partial charge is 0.260 e. The number of nitrogens with two attached hydrogens (primary N) is 1. The minimum atomic E-state index is -0.361. The van der Waals surface area contributed by atoms with Crippen LogP contribution < -0.4 is 11.1 Å². The van der Waals surface area contributed by atoms with Crippen molar-refractivity contribution < 1.29 is 14.0 Å². The van der Waals surface area contributed by atoms with Crippen molar-refractivity contribution in [1.29, 1.82) is 0 Å². The number of nitrogens with one attached hydrogen (secondary N) is 1. The fourth-order valence-corrected chi connectivity index (χ4v) is 1.88. The number of rotatable bonds is 7. The van der Waals surface area contributed by atoms with Gasteiger partial charge in [0.05, 0.1) is 0 Å². The first-order chi connectivity index (χ1) is 11.1. The number of nitrogens with zero attached hydrogens (tertiary/aromatic N) is 1. The first-order valence-electron chi connectivity index (χ1n) is 7.17. The number of halogens is 1. The SMILES string of the molecule is N/C(=N\OCC(=O)NCCc1ccccc1)c1ccc(F)cc1. The summed E-state index contributed by atoms with van der Waals surface area (Å²) in [6.07, 6.45) is 0.744. The Kier molecular flexibility index (Phi) is 6.11. The zero-order chi connectivity index (χ0) is 16.5. The van der Waals surface area contributed by atoms with E-state index in [1.807, 2.05) is 30.3 Å². The Bertz CT molecular complexity index is 657. The van der Waals surface area contributed by atoms with Gasteiger partial charge >= 0.3 is 0 Å². The highest BCUT2D eigenvalue weighted by molar-refractivity contribution is 5.97. The van der Waals surface area contributed by atoms with Gasteiger partial charge in [0.25, 0.3) is 5.91 Å². The molecule has 0 unspecified atom stereocenters. The lowest BCUT2D eigenvalue weighted by molar-refractivity contribution is -0.125. The molecule has 0 radical (unpaired) electrons. The van der Waals surface area contributed by atoms with Crippen molar-refractivity contribution in [2.45, 2.75) is 6.42 Å². The first-order valence-corrected chi connectivity index (χ1v) is 7.17. The van der Waals surface area contributed by atoms with Gasteiger partial charge in [-0.2, -0.15) is 0 Å². The lowest BCUT2D eigenvalue weighted by Gasteiger charge is -2.05. The second kappa shape index (κ2) is 8.53. The van der Waals surface area contributed by atoms with E-state index in [1.165, 1.54) is 24.3 Å². The van der Waals surface area contributed by atoms with Crippen LogP contribution >= 0.6 is 0 Å². The highest BCUT2D eigenvalue weighted by atomic mass is 19.1. The predicted octanol–water partition coefficient (Wildman–Crippen LogP) is 1.82. The van der Waals surface area contributed by atoms with E-state index in [1.54, 1.807) is 0 Å². The van der Waals surface area contributed by atoms with Crippen LogP contribution in [0.4, 0.5) is 4.39 Å². The number of carbonyl (C=O) groups is 1. The van der Waals surface area contributed by atoms with E-state index in [-0.39, 0.29) is 24.2 Å². The fourth-order valence-electron chi connectivity index (χ4n) is 1.88. The molecule has 23 heavy (non-hydrogen) atoms. The van der Waals surface area contributed by atoms with Crippen LogP contribution in [0.2, 0.25) is 0 Å². The molecular formula is C17H18FN3O2. The summed E-state index contributed by atoms with van der Waals surface area (Å²) < 4.78 is 12.8. The molecule has 6 heteroatoms. The quantitative estimate of drug-likeness (QED) is 0.465. The molecule has 0 saturated carbocycles. The maximum Gasteiger partial charge on any atom is 0.260 e. The Labute approximate surface area is 133 Å². The zero-order valence-electron chi connectivity index (χ0n) is 12.5. The van der Waals surface area contributed by atoms with Crippen LogP contribution in [0, 0.1) is 5.82 Å². The van der Waals surface area contributed by atoms with Crippen LogP contribution in [0.5, 0.6) is 0 Å². The van der Waals surface area contributed by atoms with Crippen molar-refractivity contribution in [1.82, 2.24) is 5.32 Å². The van der Waals surface area contributed by atoms with Gasteiger partial charge in [0.1, 0.15) is 5.82 Å². The monoisotopic (exact) mass is 315 g/mol. The molecule has 3 N–H and O–H groups in total. The van der Waals surface area contributed by atoms with E-state index >= 15 is 0 Å². The predicted molar refractivity (Wildman–Crippen MR) is 86.2 cm³/mol. The molecule has 0 aromatic heterocycles. The van der Waals surface area contributed by atoms with Crippen LogP contribution in [0.15, 0.2) is 59.8 Å². The summed E-state index contributed by atoms with van der Waals surface area (Å²) in [6.45, 7) is 0.292.